The van der Waals surface area contributed by atoms with Crippen LogP contribution in [0.2, 0.25) is 0 Å². The molecule has 4 aromatic carbocycles. The summed E-state index contributed by atoms with van der Waals surface area (Å²) in [6, 6.07) is 33.5. The summed E-state index contributed by atoms with van der Waals surface area (Å²) in [6.45, 7) is 9.39. The lowest BCUT2D eigenvalue weighted by molar-refractivity contribution is -0.652. The number of benzene rings is 4. The third-order valence-corrected chi connectivity index (χ3v) is 9.22. The van der Waals surface area contributed by atoms with Gasteiger partial charge < -0.3 is 0 Å². The monoisotopic (exact) mass is 538 g/mol. The Morgan fingerprint density at radius 2 is 1.48 bits per heavy atom. The number of nitrogens with zero attached hydrogens (tertiary/aromatic N) is 3. The second-order valence-electron chi connectivity index (χ2n) is 11.0. The average molecular weight is 539 g/mol. The lowest BCUT2D eigenvalue weighted by Gasteiger charge is -2.08. The molecule has 40 heavy (non-hydrogen) atoms. The van der Waals surface area contributed by atoms with E-state index in [2.05, 4.69) is 135 Å². The first-order valence-corrected chi connectivity index (χ1v) is 14.6. The van der Waals surface area contributed by atoms with Gasteiger partial charge in [-0.1, -0.05) is 72.3 Å². The first-order valence-electron chi connectivity index (χ1n) is 13.8. The van der Waals surface area contributed by atoms with E-state index in [0.29, 0.717) is 0 Å². The molecule has 0 bridgehead atoms. The Hall–Kier alpha value is -4.28. The molecule has 4 heteroatoms. The maximum absolute atomic E-state index is 4.86. The van der Waals surface area contributed by atoms with Gasteiger partial charge in [0, 0.05) is 31.9 Å². The fraction of sp³-hybridized carbons (Fsp3) is 0.167. The van der Waals surface area contributed by atoms with Gasteiger partial charge in [0.2, 0.25) is 0 Å². The van der Waals surface area contributed by atoms with Crippen LogP contribution < -0.4 is 4.57 Å². The third-order valence-electron chi connectivity index (χ3n) is 8.11. The number of pyridine rings is 1. The smallest absolute Gasteiger partial charge is 0.254 e. The van der Waals surface area contributed by atoms with Gasteiger partial charge in [0.05, 0.1) is 18.3 Å². The molecular formula is C36H32N3S+. The number of imidazole rings is 1. The standard InChI is InChI=1S/C36H32N3S/c1-22-11-13-27(14-12-22)28-15-16-29-31-20-30(23(2)17-33(31)40-34(29)19-28)36-38(5)32-18-24(3)37-25(4)35(32)39(36)21-26-9-7-6-8-10-26/h6-20H,21H2,1-5H3/q+1. The zero-order chi connectivity index (χ0) is 27.5. The molecule has 196 valence electrons. The van der Waals surface area contributed by atoms with E-state index in [1.807, 2.05) is 11.3 Å². The molecular weight excluding hydrogens is 506 g/mol. The Morgan fingerprint density at radius 3 is 2.25 bits per heavy atom. The quantitative estimate of drug-likeness (QED) is 0.205. The van der Waals surface area contributed by atoms with Crippen LogP contribution in [0.3, 0.4) is 0 Å². The second-order valence-corrected chi connectivity index (χ2v) is 12.1. The summed E-state index contributed by atoms with van der Waals surface area (Å²) in [7, 11) is 2.20. The number of fused-ring (bicyclic) bond motifs is 4. The number of rotatable bonds is 4. The molecule has 3 heterocycles. The maximum Gasteiger partial charge on any atom is 0.290 e. The molecule has 0 radical (unpaired) electrons. The Bertz CT molecular complexity index is 2060. The molecule has 0 spiro atoms. The number of hydrogen-bond acceptors (Lipinski definition) is 2. The Balaban J connectivity index is 1.45. The van der Waals surface area contributed by atoms with Crippen molar-refractivity contribution in [3.05, 3.63) is 119 Å². The minimum absolute atomic E-state index is 0.793. The van der Waals surface area contributed by atoms with E-state index in [1.165, 1.54) is 70.4 Å². The molecule has 0 N–H and O–H groups in total. The molecule has 0 aliphatic carbocycles. The van der Waals surface area contributed by atoms with Crippen LogP contribution in [0.25, 0.3) is 53.7 Å². The molecule has 3 nitrogen and oxygen atoms in total. The molecule has 0 amide bonds. The van der Waals surface area contributed by atoms with Crippen LogP contribution in [0.5, 0.6) is 0 Å². The maximum atomic E-state index is 4.86. The van der Waals surface area contributed by atoms with Gasteiger partial charge in [-0.25, -0.2) is 9.13 Å². The van der Waals surface area contributed by atoms with Crippen LogP contribution in [-0.4, -0.2) is 9.55 Å². The zero-order valence-electron chi connectivity index (χ0n) is 23.6. The Kier molecular flexibility index (Phi) is 5.83. The van der Waals surface area contributed by atoms with Gasteiger partial charge in [0.15, 0.2) is 11.0 Å². The fourth-order valence-corrected chi connectivity index (χ4v) is 7.35. The lowest BCUT2D eigenvalue weighted by atomic mass is 10.0. The lowest BCUT2D eigenvalue weighted by Crippen LogP contribution is -2.37. The van der Waals surface area contributed by atoms with E-state index in [9.17, 15) is 0 Å². The second kappa shape index (κ2) is 9.42. The minimum Gasteiger partial charge on any atom is -0.254 e. The van der Waals surface area contributed by atoms with Crippen LogP contribution >= 0.6 is 11.3 Å². The van der Waals surface area contributed by atoms with Crippen molar-refractivity contribution in [1.29, 1.82) is 0 Å². The van der Waals surface area contributed by atoms with Crippen LogP contribution in [0, 0.1) is 27.7 Å². The van der Waals surface area contributed by atoms with E-state index in [-0.39, 0.29) is 0 Å². The highest BCUT2D eigenvalue weighted by Gasteiger charge is 2.28. The first kappa shape index (κ1) is 24.7. The van der Waals surface area contributed by atoms with Gasteiger partial charge in [-0.2, -0.15) is 0 Å². The zero-order valence-corrected chi connectivity index (χ0v) is 24.4. The SMILES string of the molecule is Cc1ccc(-c2ccc3c(c2)sc2cc(C)c(-c4n(C)c5cc(C)nc(C)c5[n+]4Cc4ccccc4)cc23)cc1. The third kappa shape index (κ3) is 4.02. The van der Waals surface area contributed by atoms with Crippen molar-refractivity contribution in [3.8, 4) is 22.5 Å². The van der Waals surface area contributed by atoms with Crippen LogP contribution in [-0.2, 0) is 13.6 Å². The van der Waals surface area contributed by atoms with Crippen molar-refractivity contribution in [2.24, 2.45) is 7.05 Å². The van der Waals surface area contributed by atoms with Gasteiger partial charge in [0.25, 0.3) is 5.82 Å². The highest BCUT2D eigenvalue weighted by molar-refractivity contribution is 7.25. The predicted octanol–water partition coefficient (Wildman–Crippen LogP) is 8.84. The minimum atomic E-state index is 0.793. The number of hydrogen-bond donors (Lipinski definition) is 0. The molecule has 0 atom stereocenters. The largest absolute Gasteiger partial charge is 0.290 e. The molecule has 0 fully saturated rings. The van der Waals surface area contributed by atoms with E-state index in [4.69, 9.17) is 4.98 Å². The van der Waals surface area contributed by atoms with Crippen molar-refractivity contribution in [2.75, 3.05) is 0 Å². The highest BCUT2D eigenvalue weighted by atomic mass is 32.1. The normalized spacial score (nSPS) is 11.7. The van der Waals surface area contributed by atoms with E-state index < -0.39 is 0 Å². The topological polar surface area (TPSA) is 21.7 Å². The molecule has 7 rings (SSSR count). The van der Waals surface area contributed by atoms with Crippen LogP contribution in [0.15, 0.2) is 91.0 Å². The van der Waals surface area contributed by atoms with E-state index >= 15 is 0 Å². The summed E-state index contributed by atoms with van der Waals surface area (Å²) in [5.74, 6) is 1.21. The molecule has 7 aromatic rings. The fourth-order valence-electron chi connectivity index (χ4n) is 6.13. The number of aryl methyl sites for hydroxylation is 5. The van der Waals surface area contributed by atoms with Crippen molar-refractivity contribution in [3.63, 3.8) is 0 Å². The summed E-state index contributed by atoms with van der Waals surface area (Å²) in [5, 5.41) is 2.64. The molecule has 0 saturated carbocycles. The van der Waals surface area contributed by atoms with Gasteiger partial charge in [0.1, 0.15) is 6.54 Å². The Morgan fingerprint density at radius 1 is 0.750 bits per heavy atom. The van der Waals surface area contributed by atoms with E-state index in [0.717, 1.165) is 17.9 Å². The van der Waals surface area contributed by atoms with Gasteiger partial charge in [-0.05, 0) is 68.1 Å². The van der Waals surface area contributed by atoms with E-state index in [1.54, 1.807) is 0 Å². The van der Waals surface area contributed by atoms with Crippen molar-refractivity contribution in [1.82, 2.24) is 9.55 Å². The number of aromatic nitrogens is 3. The molecule has 0 unspecified atom stereocenters. The summed E-state index contributed by atoms with van der Waals surface area (Å²) < 4.78 is 7.48. The summed E-state index contributed by atoms with van der Waals surface area (Å²) in [4.78, 5) is 4.86. The van der Waals surface area contributed by atoms with Crippen LogP contribution in [0.1, 0.15) is 28.1 Å². The first-order chi connectivity index (χ1) is 19.4. The molecule has 0 aliphatic heterocycles. The molecule has 0 saturated heterocycles. The number of thiophene rings is 1. The van der Waals surface area contributed by atoms with Crippen LogP contribution in [0.4, 0.5) is 0 Å². The molecule has 0 aliphatic rings. The van der Waals surface area contributed by atoms with Gasteiger partial charge in [-0.15, -0.1) is 11.3 Å². The summed E-state index contributed by atoms with van der Waals surface area (Å²) in [5.41, 5.74) is 12.2. The highest BCUT2D eigenvalue weighted by Crippen LogP contribution is 2.40. The van der Waals surface area contributed by atoms with Crippen molar-refractivity contribution < 1.29 is 4.57 Å². The molecule has 3 aromatic heterocycles. The average Bonchev–Trinajstić information content (AvgIpc) is 3.42. The Labute approximate surface area is 239 Å². The van der Waals surface area contributed by atoms with Crippen molar-refractivity contribution >= 4 is 42.5 Å². The van der Waals surface area contributed by atoms with Gasteiger partial charge >= 0.3 is 0 Å². The van der Waals surface area contributed by atoms with Crippen molar-refractivity contribution in [2.45, 2.75) is 34.2 Å². The van der Waals surface area contributed by atoms with Gasteiger partial charge in [-0.3, -0.25) is 4.98 Å². The predicted molar refractivity (Wildman–Crippen MR) is 169 cm³/mol. The summed E-state index contributed by atoms with van der Waals surface area (Å²) in [6.07, 6.45) is 0. The summed E-state index contributed by atoms with van der Waals surface area (Å²) >= 11 is 1.89.